The maximum Gasteiger partial charge on any atom is 0.0166 e. The molecule has 0 N–H and O–H groups in total. The van der Waals surface area contributed by atoms with Gasteiger partial charge in [0.2, 0.25) is 0 Å². The van der Waals surface area contributed by atoms with Crippen molar-refractivity contribution in [2.45, 2.75) is 20.8 Å². The van der Waals surface area contributed by atoms with E-state index in [0.717, 1.165) is 0 Å². The Hall–Kier alpha value is -0.570. The molecule has 0 saturated carbocycles. The van der Waals surface area contributed by atoms with Crippen LogP contribution in [0.4, 0.5) is 0 Å². The molecule has 0 spiro atoms. The molecule has 15 heavy (non-hydrogen) atoms. The van der Waals surface area contributed by atoms with Gasteiger partial charge in [0.05, 0.1) is 0 Å². The molecule has 0 saturated heterocycles. The molecule has 0 unspecified atom stereocenters. The molecule has 0 nitrogen and oxygen atoms in total. The molecule has 0 radical (unpaired) electrons. The van der Waals surface area contributed by atoms with Crippen LogP contribution in [0.1, 0.15) is 31.9 Å². The fourth-order valence-corrected chi connectivity index (χ4v) is 1.91. The predicted molar refractivity (Wildman–Crippen MR) is 78.0 cm³/mol. The van der Waals surface area contributed by atoms with Crippen molar-refractivity contribution in [1.29, 1.82) is 0 Å². The molecule has 0 aromatic heterocycles. The predicted octanol–water partition coefficient (Wildman–Crippen LogP) is 5.15. The van der Waals surface area contributed by atoms with Crippen LogP contribution in [0.5, 0.6) is 0 Å². The van der Waals surface area contributed by atoms with Crippen LogP contribution in [0.3, 0.4) is 0 Å². The normalized spacial score (nSPS) is 11.9. The van der Waals surface area contributed by atoms with Crippen LogP contribution in [0.2, 0.25) is 0 Å². The van der Waals surface area contributed by atoms with Gasteiger partial charge in [0.1, 0.15) is 0 Å². The second-order valence-electron chi connectivity index (χ2n) is 3.86. The lowest BCUT2D eigenvalue weighted by Gasteiger charge is -2.14. The van der Waals surface area contributed by atoms with Crippen LogP contribution in [-0.2, 0) is 0 Å². The molecule has 1 rings (SSSR count). The maximum absolute atomic E-state index is 4.17. The van der Waals surface area contributed by atoms with Crippen molar-refractivity contribution in [2.24, 2.45) is 5.92 Å². The molecule has 0 heterocycles. The van der Waals surface area contributed by atoms with E-state index in [1.807, 2.05) is 0 Å². The summed E-state index contributed by atoms with van der Waals surface area (Å²) >= 11 is 2.37. The highest BCUT2D eigenvalue weighted by atomic mass is 127. The van der Waals surface area contributed by atoms with Crippen LogP contribution >= 0.6 is 22.6 Å². The van der Waals surface area contributed by atoms with Gasteiger partial charge in [-0.25, -0.2) is 0 Å². The lowest BCUT2D eigenvalue weighted by molar-refractivity contribution is 0.857. The summed E-state index contributed by atoms with van der Waals surface area (Å²) in [6, 6.07) is 8.46. The third kappa shape index (κ3) is 2.94. The first-order valence-corrected chi connectivity index (χ1v) is 6.26. The van der Waals surface area contributed by atoms with Crippen LogP contribution in [0, 0.1) is 5.92 Å². The van der Waals surface area contributed by atoms with Gasteiger partial charge in [-0.2, -0.15) is 0 Å². The van der Waals surface area contributed by atoms with E-state index in [4.69, 9.17) is 0 Å². The molecule has 0 bridgehead atoms. The van der Waals surface area contributed by atoms with E-state index in [-0.39, 0.29) is 0 Å². The number of rotatable bonds is 3. The highest BCUT2D eigenvalue weighted by Gasteiger charge is 2.09. The number of halogens is 1. The summed E-state index contributed by atoms with van der Waals surface area (Å²) < 4.78 is 1.28. The summed E-state index contributed by atoms with van der Waals surface area (Å²) in [7, 11) is 0. The lowest BCUT2D eigenvalue weighted by Crippen LogP contribution is -1.95. The molecular formula is C14H17I. The summed E-state index contributed by atoms with van der Waals surface area (Å²) in [5, 5.41) is 0. The number of benzene rings is 1. The Kier molecular flexibility index (Phi) is 4.58. The summed E-state index contributed by atoms with van der Waals surface area (Å²) in [6.45, 7) is 10.6. The Morgan fingerprint density at radius 3 is 2.27 bits per heavy atom. The first-order valence-electron chi connectivity index (χ1n) is 5.18. The molecule has 0 fully saturated rings. The second-order valence-corrected chi connectivity index (χ2v) is 5.02. The number of allylic oxidation sites excluding steroid dienone is 2. The fraction of sp³-hybridized carbons (Fsp3) is 0.286. The zero-order valence-electron chi connectivity index (χ0n) is 9.55. The van der Waals surface area contributed by atoms with Gasteiger partial charge in [-0.1, -0.05) is 50.8 Å². The van der Waals surface area contributed by atoms with E-state index in [1.165, 1.54) is 20.3 Å². The van der Waals surface area contributed by atoms with Gasteiger partial charge in [-0.05, 0) is 52.1 Å². The molecule has 0 aliphatic rings. The first kappa shape index (κ1) is 12.5. The van der Waals surface area contributed by atoms with Crippen molar-refractivity contribution < 1.29 is 0 Å². The largest absolute Gasteiger partial charge is 0.0950 e. The fourth-order valence-electron chi connectivity index (χ4n) is 1.44. The zero-order valence-corrected chi connectivity index (χ0v) is 11.7. The van der Waals surface area contributed by atoms with Crippen LogP contribution in [0.25, 0.3) is 9.15 Å². The summed E-state index contributed by atoms with van der Waals surface area (Å²) in [5.41, 5.74) is 3.77. The molecular weight excluding hydrogens is 295 g/mol. The van der Waals surface area contributed by atoms with Crippen LogP contribution in [-0.4, -0.2) is 0 Å². The number of hydrogen-bond acceptors (Lipinski definition) is 0. The lowest BCUT2D eigenvalue weighted by atomic mass is 9.93. The van der Waals surface area contributed by atoms with Crippen molar-refractivity contribution >= 4 is 31.7 Å². The minimum Gasteiger partial charge on any atom is -0.0950 e. The highest BCUT2D eigenvalue weighted by molar-refractivity contribution is 14.1. The quantitative estimate of drug-likeness (QED) is 0.677. The second kappa shape index (κ2) is 5.50. The monoisotopic (exact) mass is 312 g/mol. The van der Waals surface area contributed by atoms with E-state index >= 15 is 0 Å². The molecule has 1 aromatic rings. The summed E-state index contributed by atoms with van der Waals surface area (Å²) in [6.07, 6.45) is 2.13. The Bertz CT molecular complexity index is 386. The standard InChI is InChI=1S/C14H17I/c1-5-14(15)13-9-7-6-8-12(13)11(4)10(2)3/h5-10H,4H2,1-3H3/b14-5+. The smallest absolute Gasteiger partial charge is 0.0166 e. The van der Waals surface area contributed by atoms with Crippen molar-refractivity contribution in [1.82, 2.24) is 0 Å². The van der Waals surface area contributed by atoms with E-state index in [1.54, 1.807) is 0 Å². The molecule has 80 valence electrons. The Morgan fingerprint density at radius 1 is 1.27 bits per heavy atom. The van der Waals surface area contributed by atoms with Crippen molar-refractivity contribution in [3.8, 4) is 0 Å². The SMILES string of the molecule is C=C(c1ccccc1/C(I)=C\C)C(C)C. The Labute approximate surface area is 106 Å². The van der Waals surface area contributed by atoms with E-state index in [9.17, 15) is 0 Å². The van der Waals surface area contributed by atoms with E-state index in [0.29, 0.717) is 5.92 Å². The topological polar surface area (TPSA) is 0 Å². The molecule has 0 atom stereocenters. The average Bonchev–Trinajstić information content (AvgIpc) is 2.27. The van der Waals surface area contributed by atoms with Crippen molar-refractivity contribution in [2.75, 3.05) is 0 Å². The van der Waals surface area contributed by atoms with Gasteiger partial charge < -0.3 is 0 Å². The maximum atomic E-state index is 4.17. The minimum absolute atomic E-state index is 0.493. The summed E-state index contributed by atoms with van der Waals surface area (Å²) in [5.74, 6) is 0.493. The van der Waals surface area contributed by atoms with Gasteiger partial charge in [0.25, 0.3) is 0 Å². The van der Waals surface area contributed by atoms with Crippen LogP contribution in [0.15, 0.2) is 36.9 Å². The van der Waals surface area contributed by atoms with E-state index in [2.05, 4.69) is 80.3 Å². The van der Waals surface area contributed by atoms with E-state index < -0.39 is 0 Å². The van der Waals surface area contributed by atoms with Gasteiger partial charge >= 0.3 is 0 Å². The zero-order chi connectivity index (χ0) is 11.4. The minimum atomic E-state index is 0.493. The summed E-state index contributed by atoms with van der Waals surface area (Å²) in [4.78, 5) is 0. The Balaban J connectivity index is 3.24. The molecule has 1 aromatic carbocycles. The first-order chi connectivity index (χ1) is 7.07. The van der Waals surface area contributed by atoms with Crippen molar-refractivity contribution in [3.63, 3.8) is 0 Å². The van der Waals surface area contributed by atoms with Gasteiger partial charge in [-0.3, -0.25) is 0 Å². The highest BCUT2D eigenvalue weighted by Crippen LogP contribution is 2.31. The third-order valence-corrected chi connectivity index (χ3v) is 3.68. The molecule has 1 heteroatoms. The van der Waals surface area contributed by atoms with Crippen LogP contribution < -0.4 is 0 Å². The molecule has 0 aliphatic heterocycles. The average molecular weight is 312 g/mol. The Morgan fingerprint density at radius 2 is 1.80 bits per heavy atom. The van der Waals surface area contributed by atoms with Gasteiger partial charge in [0.15, 0.2) is 0 Å². The van der Waals surface area contributed by atoms with Crippen molar-refractivity contribution in [3.05, 3.63) is 48.0 Å². The van der Waals surface area contributed by atoms with Gasteiger partial charge in [0, 0.05) is 3.58 Å². The molecule has 0 aliphatic carbocycles. The molecule has 0 amide bonds. The van der Waals surface area contributed by atoms with Gasteiger partial charge in [-0.15, -0.1) is 0 Å². The third-order valence-electron chi connectivity index (χ3n) is 2.48. The number of hydrogen-bond donors (Lipinski definition) is 0.